The molecular weight excluding hydrogens is 190 g/mol. The maximum atomic E-state index is 9.54. The third-order valence-corrected chi connectivity index (χ3v) is 2.72. The van der Waals surface area contributed by atoms with E-state index in [4.69, 9.17) is 5.73 Å². The van der Waals surface area contributed by atoms with Crippen LogP contribution in [0.15, 0.2) is 18.3 Å². The number of aromatic hydroxyl groups is 1. The Labute approximate surface area is 87.7 Å². The topological polar surface area (TPSA) is 74.9 Å². The van der Waals surface area contributed by atoms with Crippen molar-refractivity contribution in [1.29, 1.82) is 0 Å². The van der Waals surface area contributed by atoms with Gasteiger partial charge in [0.05, 0.1) is 6.20 Å². The molecule has 1 aromatic heterocycles. The highest BCUT2D eigenvalue weighted by Crippen LogP contribution is 2.32. The molecule has 1 heterocycles. The van der Waals surface area contributed by atoms with Crippen molar-refractivity contribution >= 4 is 5.82 Å². The first-order valence-electron chi connectivity index (χ1n) is 4.69. The van der Waals surface area contributed by atoms with E-state index in [0.29, 0.717) is 11.6 Å². The number of phenolic OH excluding ortho intramolecular Hbond substituents is 1. The van der Waals surface area contributed by atoms with Crippen molar-refractivity contribution in [2.45, 2.75) is 13.8 Å². The second-order valence-electron chi connectivity index (χ2n) is 3.58. The molecule has 4 heteroatoms. The molecule has 2 rings (SSSR count). The fourth-order valence-electron chi connectivity index (χ4n) is 1.61. The molecule has 4 N–H and O–H groups in total. The number of phenols is 1. The summed E-state index contributed by atoms with van der Waals surface area (Å²) in [6, 6.07) is 3.52. The summed E-state index contributed by atoms with van der Waals surface area (Å²) in [5.74, 6) is 0.849. The predicted molar refractivity (Wildman–Crippen MR) is 59.6 cm³/mol. The first kappa shape index (κ1) is 9.58. The quantitative estimate of drug-likeness (QED) is 0.663. The average Bonchev–Trinajstić information content (AvgIpc) is 2.62. The number of H-pyrrole nitrogens is 1. The van der Waals surface area contributed by atoms with Crippen LogP contribution in [-0.2, 0) is 0 Å². The van der Waals surface area contributed by atoms with Gasteiger partial charge in [-0.25, -0.2) is 0 Å². The molecule has 0 atom stereocenters. The minimum atomic E-state index is 0.304. The summed E-state index contributed by atoms with van der Waals surface area (Å²) in [4.78, 5) is 0. The van der Waals surface area contributed by atoms with E-state index < -0.39 is 0 Å². The number of aromatic nitrogens is 2. The summed E-state index contributed by atoms with van der Waals surface area (Å²) in [6.07, 6.45) is 1.69. The van der Waals surface area contributed by atoms with Gasteiger partial charge in [-0.05, 0) is 36.6 Å². The van der Waals surface area contributed by atoms with Gasteiger partial charge in [0.15, 0.2) is 0 Å². The van der Waals surface area contributed by atoms with Crippen LogP contribution in [0.4, 0.5) is 5.82 Å². The Morgan fingerprint density at radius 1 is 1.20 bits per heavy atom. The molecule has 1 aromatic carbocycles. The van der Waals surface area contributed by atoms with E-state index in [1.54, 1.807) is 12.3 Å². The average molecular weight is 203 g/mol. The molecule has 0 aliphatic carbocycles. The molecule has 0 bridgehead atoms. The van der Waals surface area contributed by atoms with Gasteiger partial charge in [-0.3, -0.25) is 5.10 Å². The second-order valence-corrected chi connectivity index (χ2v) is 3.58. The summed E-state index contributed by atoms with van der Waals surface area (Å²) in [5.41, 5.74) is 9.50. The van der Waals surface area contributed by atoms with Crippen molar-refractivity contribution < 1.29 is 5.11 Å². The summed E-state index contributed by atoms with van der Waals surface area (Å²) < 4.78 is 0. The van der Waals surface area contributed by atoms with Crippen LogP contribution in [0.2, 0.25) is 0 Å². The van der Waals surface area contributed by atoms with Crippen molar-refractivity contribution in [3.05, 3.63) is 29.5 Å². The van der Waals surface area contributed by atoms with Crippen molar-refractivity contribution in [3.63, 3.8) is 0 Å². The molecule has 0 amide bonds. The Morgan fingerprint density at radius 3 is 2.53 bits per heavy atom. The number of hydrogen-bond acceptors (Lipinski definition) is 3. The Kier molecular flexibility index (Phi) is 2.11. The van der Waals surface area contributed by atoms with E-state index in [1.807, 2.05) is 19.9 Å². The molecule has 0 fully saturated rings. The van der Waals surface area contributed by atoms with Crippen molar-refractivity contribution in [2.24, 2.45) is 0 Å². The lowest BCUT2D eigenvalue weighted by molar-refractivity contribution is 0.470. The normalized spacial score (nSPS) is 10.5. The summed E-state index contributed by atoms with van der Waals surface area (Å²) in [5, 5.41) is 16.1. The van der Waals surface area contributed by atoms with Crippen LogP contribution in [-0.4, -0.2) is 15.3 Å². The number of benzene rings is 1. The zero-order valence-electron chi connectivity index (χ0n) is 8.70. The van der Waals surface area contributed by atoms with Crippen molar-refractivity contribution in [3.8, 4) is 16.9 Å². The summed E-state index contributed by atoms with van der Waals surface area (Å²) >= 11 is 0. The molecule has 0 saturated carbocycles. The Bertz CT molecular complexity index is 503. The fraction of sp³-hybridized carbons (Fsp3) is 0.182. The van der Waals surface area contributed by atoms with Gasteiger partial charge in [0.2, 0.25) is 0 Å². The van der Waals surface area contributed by atoms with E-state index in [-0.39, 0.29) is 0 Å². The number of rotatable bonds is 1. The number of nitrogens with one attached hydrogen (secondary N) is 1. The van der Waals surface area contributed by atoms with E-state index in [1.165, 1.54) is 0 Å². The van der Waals surface area contributed by atoms with Gasteiger partial charge >= 0.3 is 0 Å². The first-order valence-corrected chi connectivity index (χ1v) is 4.69. The number of nitrogens with two attached hydrogens (primary N) is 1. The van der Waals surface area contributed by atoms with Crippen LogP contribution in [0, 0.1) is 13.8 Å². The van der Waals surface area contributed by atoms with E-state index >= 15 is 0 Å². The van der Waals surface area contributed by atoms with Crippen LogP contribution in [0.3, 0.4) is 0 Å². The predicted octanol–water partition coefficient (Wildman–Crippen LogP) is 1.98. The van der Waals surface area contributed by atoms with Crippen LogP contribution >= 0.6 is 0 Å². The molecule has 0 saturated heterocycles. The van der Waals surface area contributed by atoms with Gasteiger partial charge in [0, 0.05) is 5.56 Å². The smallest absolute Gasteiger partial charge is 0.126 e. The maximum Gasteiger partial charge on any atom is 0.126 e. The zero-order chi connectivity index (χ0) is 11.0. The lowest BCUT2D eigenvalue weighted by Gasteiger charge is -2.09. The van der Waals surface area contributed by atoms with Crippen LogP contribution in [0.1, 0.15) is 11.1 Å². The minimum Gasteiger partial charge on any atom is -0.508 e. The molecule has 0 unspecified atom stereocenters. The number of aromatic amines is 1. The molecule has 0 radical (unpaired) electrons. The van der Waals surface area contributed by atoms with Crippen molar-refractivity contribution in [2.75, 3.05) is 5.73 Å². The van der Waals surface area contributed by atoms with Crippen LogP contribution in [0.25, 0.3) is 11.1 Å². The number of anilines is 1. The SMILES string of the molecule is Cc1c(O)ccc(-c2cn[nH]c2N)c1C. The molecule has 4 nitrogen and oxygen atoms in total. The number of nitrogens with zero attached hydrogens (tertiary/aromatic N) is 1. The highest BCUT2D eigenvalue weighted by Gasteiger charge is 2.10. The standard InChI is InChI=1S/C11H13N3O/c1-6-7(2)10(15)4-3-8(6)9-5-13-14-11(9)12/h3-5,15H,1-2H3,(H3,12,13,14). The largest absolute Gasteiger partial charge is 0.508 e. The van der Waals surface area contributed by atoms with Gasteiger partial charge < -0.3 is 10.8 Å². The highest BCUT2D eigenvalue weighted by atomic mass is 16.3. The lowest BCUT2D eigenvalue weighted by atomic mass is 9.98. The fourth-order valence-corrected chi connectivity index (χ4v) is 1.61. The molecule has 2 aromatic rings. The Balaban J connectivity index is 2.65. The van der Waals surface area contributed by atoms with Gasteiger partial charge in [-0.15, -0.1) is 0 Å². The van der Waals surface area contributed by atoms with Gasteiger partial charge in [-0.1, -0.05) is 6.07 Å². The van der Waals surface area contributed by atoms with E-state index in [9.17, 15) is 5.11 Å². The zero-order valence-corrected chi connectivity index (χ0v) is 8.70. The van der Waals surface area contributed by atoms with Gasteiger partial charge in [0.25, 0.3) is 0 Å². The van der Waals surface area contributed by atoms with E-state index in [2.05, 4.69) is 10.2 Å². The highest BCUT2D eigenvalue weighted by molar-refractivity contribution is 5.77. The van der Waals surface area contributed by atoms with Crippen LogP contribution < -0.4 is 5.73 Å². The number of hydrogen-bond donors (Lipinski definition) is 3. The van der Waals surface area contributed by atoms with Crippen LogP contribution in [0.5, 0.6) is 5.75 Å². The minimum absolute atomic E-state index is 0.304. The van der Waals surface area contributed by atoms with E-state index in [0.717, 1.165) is 22.3 Å². The molecule has 78 valence electrons. The van der Waals surface area contributed by atoms with Gasteiger partial charge in [0.1, 0.15) is 11.6 Å². The van der Waals surface area contributed by atoms with Gasteiger partial charge in [-0.2, -0.15) is 5.10 Å². The molecule has 0 aliphatic rings. The first-order chi connectivity index (χ1) is 7.11. The summed E-state index contributed by atoms with van der Waals surface area (Å²) in [7, 11) is 0. The Hall–Kier alpha value is -1.97. The third kappa shape index (κ3) is 1.44. The lowest BCUT2D eigenvalue weighted by Crippen LogP contribution is -1.91. The van der Waals surface area contributed by atoms with Crippen molar-refractivity contribution in [1.82, 2.24) is 10.2 Å². The monoisotopic (exact) mass is 203 g/mol. The molecule has 0 spiro atoms. The Morgan fingerprint density at radius 2 is 1.93 bits per heavy atom. The molecule has 15 heavy (non-hydrogen) atoms. The molecule has 0 aliphatic heterocycles. The summed E-state index contributed by atoms with van der Waals surface area (Å²) in [6.45, 7) is 3.83. The second kappa shape index (κ2) is 3.31. The molecular formula is C11H13N3O. The maximum absolute atomic E-state index is 9.54. The third-order valence-electron chi connectivity index (χ3n) is 2.72. The number of nitrogen functional groups attached to an aromatic ring is 1.